The molecule has 0 saturated carbocycles. The molecule has 0 spiro atoms. The Labute approximate surface area is 116 Å². The number of aromatic nitrogens is 2. The number of fused-ring (bicyclic) bond motifs is 1. The first-order chi connectivity index (χ1) is 9.59. The third-order valence-corrected chi connectivity index (χ3v) is 3.68. The lowest BCUT2D eigenvalue weighted by Gasteiger charge is -2.09. The maximum atomic E-state index is 11.3. The standard InChI is InChI=1S/C16H14N2O2/c1-10-11(2)18(9-13(10)16(19)20)15-7-8-17-14-6-4-3-5-12(14)15/h3-9H,1-2H3,(H,19,20). The minimum Gasteiger partial charge on any atom is -0.478 e. The highest BCUT2D eigenvalue weighted by Gasteiger charge is 2.16. The summed E-state index contributed by atoms with van der Waals surface area (Å²) in [6.45, 7) is 3.76. The predicted molar refractivity (Wildman–Crippen MR) is 77.5 cm³/mol. The molecule has 0 atom stereocenters. The summed E-state index contributed by atoms with van der Waals surface area (Å²) in [7, 11) is 0. The van der Waals surface area contributed by atoms with Gasteiger partial charge in [0.05, 0.1) is 16.8 Å². The molecule has 3 rings (SSSR count). The lowest BCUT2D eigenvalue weighted by molar-refractivity contribution is 0.0696. The summed E-state index contributed by atoms with van der Waals surface area (Å²) in [5, 5.41) is 10.2. The molecule has 1 N–H and O–H groups in total. The van der Waals surface area contributed by atoms with E-state index in [4.69, 9.17) is 0 Å². The monoisotopic (exact) mass is 266 g/mol. The number of nitrogens with zero attached hydrogens (tertiary/aromatic N) is 2. The molecule has 0 bridgehead atoms. The van der Waals surface area contributed by atoms with Gasteiger partial charge < -0.3 is 9.67 Å². The average Bonchev–Trinajstić information content (AvgIpc) is 2.75. The normalized spacial score (nSPS) is 10.9. The number of benzene rings is 1. The van der Waals surface area contributed by atoms with Crippen molar-refractivity contribution in [2.75, 3.05) is 0 Å². The fourth-order valence-electron chi connectivity index (χ4n) is 2.45. The first-order valence-corrected chi connectivity index (χ1v) is 6.35. The fourth-order valence-corrected chi connectivity index (χ4v) is 2.45. The zero-order chi connectivity index (χ0) is 14.3. The Kier molecular flexibility index (Phi) is 2.79. The topological polar surface area (TPSA) is 55.1 Å². The summed E-state index contributed by atoms with van der Waals surface area (Å²) >= 11 is 0. The summed E-state index contributed by atoms with van der Waals surface area (Å²) in [4.78, 5) is 15.6. The van der Waals surface area contributed by atoms with Gasteiger partial charge in [0.25, 0.3) is 0 Å². The van der Waals surface area contributed by atoms with Crippen LogP contribution in [-0.2, 0) is 0 Å². The summed E-state index contributed by atoms with van der Waals surface area (Å²) in [6, 6.07) is 9.74. The van der Waals surface area contributed by atoms with Crippen LogP contribution in [0.25, 0.3) is 16.6 Å². The third kappa shape index (κ3) is 1.77. The van der Waals surface area contributed by atoms with E-state index in [1.807, 2.05) is 48.7 Å². The van der Waals surface area contributed by atoms with E-state index < -0.39 is 5.97 Å². The van der Waals surface area contributed by atoms with Crippen molar-refractivity contribution in [3.8, 4) is 5.69 Å². The molecule has 2 aromatic heterocycles. The lowest BCUT2D eigenvalue weighted by Crippen LogP contribution is -1.97. The minimum atomic E-state index is -0.900. The maximum Gasteiger partial charge on any atom is 0.337 e. The molecule has 0 aliphatic carbocycles. The molecule has 0 amide bonds. The molecule has 0 aliphatic rings. The van der Waals surface area contributed by atoms with Crippen molar-refractivity contribution in [3.63, 3.8) is 0 Å². The van der Waals surface area contributed by atoms with Gasteiger partial charge in [0.15, 0.2) is 0 Å². The second kappa shape index (κ2) is 4.49. The largest absolute Gasteiger partial charge is 0.478 e. The first-order valence-electron chi connectivity index (χ1n) is 6.35. The van der Waals surface area contributed by atoms with Crippen molar-refractivity contribution < 1.29 is 9.90 Å². The number of pyridine rings is 1. The van der Waals surface area contributed by atoms with Gasteiger partial charge in [-0.1, -0.05) is 18.2 Å². The number of carboxylic acid groups (broad SMARTS) is 1. The number of carbonyl (C=O) groups is 1. The van der Waals surface area contributed by atoms with Crippen LogP contribution in [0.5, 0.6) is 0 Å². The molecule has 1 aromatic carbocycles. The van der Waals surface area contributed by atoms with Crippen LogP contribution in [0.4, 0.5) is 0 Å². The van der Waals surface area contributed by atoms with Crippen molar-refractivity contribution in [2.24, 2.45) is 0 Å². The zero-order valence-corrected chi connectivity index (χ0v) is 11.3. The van der Waals surface area contributed by atoms with Gasteiger partial charge in [-0.25, -0.2) is 4.79 Å². The van der Waals surface area contributed by atoms with Crippen LogP contribution < -0.4 is 0 Å². The second-order valence-electron chi connectivity index (χ2n) is 4.78. The minimum absolute atomic E-state index is 0.336. The van der Waals surface area contributed by atoms with E-state index in [0.717, 1.165) is 27.8 Å². The number of carboxylic acids is 1. The van der Waals surface area contributed by atoms with Crippen molar-refractivity contribution in [2.45, 2.75) is 13.8 Å². The smallest absolute Gasteiger partial charge is 0.337 e. The molecule has 3 aromatic rings. The van der Waals surface area contributed by atoms with E-state index in [2.05, 4.69) is 4.98 Å². The number of para-hydroxylation sites is 1. The lowest BCUT2D eigenvalue weighted by atomic mass is 10.1. The Balaban J connectivity index is 2.32. The molecule has 4 heteroatoms. The van der Waals surface area contributed by atoms with Crippen molar-refractivity contribution in [1.29, 1.82) is 0 Å². The van der Waals surface area contributed by atoms with Crippen LogP contribution in [0, 0.1) is 13.8 Å². The Bertz CT molecular complexity index is 813. The van der Waals surface area contributed by atoms with E-state index in [1.54, 1.807) is 12.4 Å². The van der Waals surface area contributed by atoms with E-state index in [1.165, 1.54) is 0 Å². The summed E-state index contributed by atoms with van der Waals surface area (Å²) in [5.41, 5.74) is 3.90. The van der Waals surface area contributed by atoms with Gasteiger partial charge >= 0.3 is 5.97 Å². The molecule has 0 aliphatic heterocycles. The molecule has 20 heavy (non-hydrogen) atoms. The molecule has 2 heterocycles. The zero-order valence-electron chi connectivity index (χ0n) is 11.3. The second-order valence-corrected chi connectivity index (χ2v) is 4.78. The highest BCUT2D eigenvalue weighted by molar-refractivity contribution is 5.91. The number of hydrogen-bond acceptors (Lipinski definition) is 2. The van der Waals surface area contributed by atoms with Crippen LogP contribution in [0.15, 0.2) is 42.7 Å². The highest BCUT2D eigenvalue weighted by atomic mass is 16.4. The Morgan fingerprint density at radius 3 is 2.65 bits per heavy atom. The predicted octanol–water partition coefficient (Wildman–Crippen LogP) is 3.34. The molecule has 0 fully saturated rings. The van der Waals surface area contributed by atoms with Crippen molar-refractivity contribution in [1.82, 2.24) is 9.55 Å². The van der Waals surface area contributed by atoms with Gasteiger partial charge in [-0.15, -0.1) is 0 Å². The van der Waals surface area contributed by atoms with Crippen molar-refractivity contribution >= 4 is 16.9 Å². The number of aromatic carboxylic acids is 1. The van der Waals surface area contributed by atoms with Gasteiger partial charge in [-0.05, 0) is 31.5 Å². The van der Waals surface area contributed by atoms with E-state index in [9.17, 15) is 9.90 Å². The Morgan fingerprint density at radius 1 is 1.20 bits per heavy atom. The summed E-state index contributed by atoms with van der Waals surface area (Å²) in [5.74, 6) is -0.900. The number of hydrogen-bond donors (Lipinski definition) is 1. The van der Waals surface area contributed by atoms with Crippen LogP contribution >= 0.6 is 0 Å². The fraction of sp³-hybridized carbons (Fsp3) is 0.125. The SMILES string of the molecule is Cc1c(C(=O)O)cn(-c2ccnc3ccccc23)c1C. The van der Waals surface area contributed by atoms with Gasteiger partial charge in [-0.3, -0.25) is 4.98 Å². The van der Waals surface area contributed by atoms with E-state index >= 15 is 0 Å². The molecule has 4 nitrogen and oxygen atoms in total. The molecular weight excluding hydrogens is 252 g/mol. The summed E-state index contributed by atoms with van der Waals surface area (Å²) in [6.07, 6.45) is 3.42. The van der Waals surface area contributed by atoms with Crippen LogP contribution in [0.1, 0.15) is 21.6 Å². The van der Waals surface area contributed by atoms with Gasteiger partial charge in [0.1, 0.15) is 0 Å². The Hall–Kier alpha value is -2.62. The third-order valence-electron chi connectivity index (χ3n) is 3.68. The van der Waals surface area contributed by atoms with Crippen LogP contribution in [0.3, 0.4) is 0 Å². The molecular formula is C16H14N2O2. The van der Waals surface area contributed by atoms with Gasteiger partial charge in [0.2, 0.25) is 0 Å². The highest BCUT2D eigenvalue weighted by Crippen LogP contribution is 2.25. The molecule has 0 saturated heterocycles. The van der Waals surface area contributed by atoms with Gasteiger partial charge in [-0.2, -0.15) is 0 Å². The molecule has 0 radical (unpaired) electrons. The maximum absolute atomic E-state index is 11.3. The number of rotatable bonds is 2. The van der Waals surface area contributed by atoms with Crippen LogP contribution in [0.2, 0.25) is 0 Å². The van der Waals surface area contributed by atoms with Crippen LogP contribution in [-0.4, -0.2) is 20.6 Å². The quantitative estimate of drug-likeness (QED) is 0.774. The van der Waals surface area contributed by atoms with E-state index in [0.29, 0.717) is 5.56 Å². The first kappa shape index (κ1) is 12.4. The van der Waals surface area contributed by atoms with Gasteiger partial charge in [0, 0.05) is 23.5 Å². The molecule has 0 unspecified atom stereocenters. The average molecular weight is 266 g/mol. The summed E-state index contributed by atoms with van der Waals surface area (Å²) < 4.78 is 1.92. The van der Waals surface area contributed by atoms with E-state index in [-0.39, 0.29) is 0 Å². The Morgan fingerprint density at radius 2 is 1.95 bits per heavy atom. The molecule has 100 valence electrons. The van der Waals surface area contributed by atoms with Crippen molar-refractivity contribution in [3.05, 3.63) is 59.5 Å².